The first-order valence-electron chi connectivity index (χ1n) is 8.20. The lowest BCUT2D eigenvalue weighted by molar-refractivity contribution is -0.117. The van der Waals surface area contributed by atoms with E-state index in [4.69, 9.17) is 0 Å². The van der Waals surface area contributed by atoms with Gasteiger partial charge in [0.25, 0.3) is 0 Å². The Kier molecular flexibility index (Phi) is 4.48. The first kappa shape index (κ1) is 15.7. The smallest absolute Gasteiger partial charge is 0.239 e. The highest BCUT2D eigenvalue weighted by Gasteiger charge is 2.20. The van der Waals surface area contributed by atoms with Gasteiger partial charge in [0.2, 0.25) is 5.91 Å². The number of nitrogens with zero attached hydrogens (tertiary/aromatic N) is 3. The Morgan fingerprint density at radius 2 is 2.04 bits per heavy atom. The molecular weight excluding hydrogens is 288 g/mol. The molecule has 3 rings (SSSR count). The van der Waals surface area contributed by atoms with Gasteiger partial charge in [0.05, 0.1) is 12.2 Å². The Labute approximate surface area is 137 Å². The van der Waals surface area contributed by atoms with Gasteiger partial charge in [-0.15, -0.1) is 0 Å². The highest BCUT2D eigenvalue weighted by Crippen LogP contribution is 2.20. The molecule has 0 aliphatic carbocycles. The van der Waals surface area contributed by atoms with Crippen LogP contribution < -0.4 is 5.32 Å². The van der Waals surface area contributed by atoms with Crippen LogP contribution in [-0.4, -0.2) is 33.7 Å². The van der Waals surface area contributed by atoms with Crippen LogP contribution in [0.5, 0.6) is 0 Å². The number of hydrogen-bond donors (Lipinski definition) is 1. The molecule has 0 atom stereocenters. The minimum Gasteiger partial charge on any atom is -0.310 e. The lowest BCUT2D eigenvalue weighted by Crippen LogP contribution is -2.37. The summed E-state index contributed by atoms with van der Waals surface area (Å²) >= 11 is 0. The third kappa shape index (κ3) is 3.29. The van der Waals surface area contributed by atoms with E-state index in [9.17, 15) is 4.79 Å². The van der Waals surface area contributed by atoms with Crippen LogP contribution in [0.2, 0.25) is 0 Å². The third-order valence-electron chi connectivity index (χ3n) is 4.53. The molecule has 5 nitrogen and oxygen atoms in total. The van der Waals surface area contributed by atoms with Crippen molar-refractivity contribution in [1.29, 1.82) is 0 Å². The Bertz CT molecular complexity index is 720. The number of fused-ring (bicyclic) bond motifs is 1. The van der Waals surface area contributed by atoms with Gasteiger partial charge in [0, 0.05) is 25.7 Å². The molecule has 2 aromatic rings. The van der Waals surface area contributed by atoms with Crippen LogP contribution in [0.3, 0.4) is 0 Å². The summed E-state index contributed by atoms with van der Waals surface area (Å²) in [7, 11) is 1.87. The molecular formula is C18H24N4O. The van der Waals surface area contributed by atoms with Crippen molar-refractivity contribution in [3.05, 3.63) is 46.6 Å². The Hall–Kier alpha value is -2.14. The number of anilines is 1. The van der Waals surface area contributed by atoms with E-state index in [2.05, 4.69) is 46.5 Å². The summed E-state index contributed by atoms with van der Waals surface area (Å²) in [5.41, 5.74) is 4.83. The normalized spacial score (nSPS) is 14.6. The summed E-state index contributed by atoms with van der Waals surface area (Å²) in [6.07, 6.45) is 1.88. The maximum absolute atomic E-state index is 12.4. The van der Waals surface area contributed by atoms with Gasteiger partial charge in [-0.1, -0.05) is 31.2 Å². The molecule has 122 valence electrons. The molecule has 1 aromatic carbocycles. The topological polar surface area (TPSA) is 50.2 Å². The van der Waals surface area contributed by atoms with Gasteiger partial charge in [0.15, 0.2) is 0 Å². The molecule has 5 heteroatoms. The van der Waals surface area contributed by atoms with Gasteiger partial charge in [-0.3, -0.25) is 14.4 Å². The fourth-order valence-electron chi connectivity index (χ4n) is 3.35. The monoisotopic (exact) mass is 312 g/mol. The molecule has 0 fully saturated rings. The van der Waals surface area contributed by atoms with E-state index < -0.39 is 0 Å². The molecule has 0 spiro atoms. The number of nitrogens with one attached hydrogen (secondary N) is 1. The zero-order valence-corrected chi connectivity index (χ0v) is 14.1. The van der Waals surface area contributed by atoms with Crippen LogP contribution in [0.15, 0.2) is 24.3 Å². The van der Waals surface area contributed by atoms with Crippen molar-refractivity contribution in [1.82, 2.24) is 14.7 Å². The third-order valence-corrected chi connectivity index (χ3v) is 4.53. The van der Waals surface area contributed by atoms with Crippen molar-refractivity contribution in [2.75, 3.05) is 18.4 Å². The van der Waals surface area contributed by atoms with E-state index in [0.717, 1.165) is 43.0 Å². The van der Waals surface area contributed by atoms with Crippen LogP contribution in [0.25, 0.3) is 0 Å². The Morgan fingerprint density at radius 1 is 1.30 bits per heavy atom. The zero-order chi connectivity index (χ0) is 16.4. The zero-order valence-electron chi connectivity index (χ0n) is 14.1. The van der Waals surface area contributed by atoms with Crippen molar-refractivity contribution in [3.63, 3.8) is 0 Å². The van der Waals surface area contributed by atoms with Gasteiger partial charge >= 0.3 is 0 Å². The van der Waals surface area contributed by atoms with E-state index in [1.807, 2.05) is 14.0 Å². The number of aryl methyl sites for hydroxylation is 2. The van der Waals surface area contributed by atoms with Crippen molar-refractivity contribution in [2.45, 2.75) is 33.2 Å². The van der Waals surface area contributed by atoms with Gasteiger partial charge in [-0.25, -0.2) is 0 Å². The summed E-state index contributed by atoms with van der Waals surface area (Å²) in [6.45, 7) is 6.25. The fraction of sp³-hybridized carbons (Fsp3) is 0.444. The first-order chi connectivity index (χ1) is 11.1. The standard InChI is InChI=1S/C18H24N4O/c1-4-16-13(2)20-21(3)18(16)19-17(23)12-22-10-9-14-7-5-6-8-15(14)11-22/h5-8H,4,9-12H2,1-3H3,(H,19,23). The highest BCUT2D eigenvalue weighted by molar-refractivity contribution is 5.92. The number of carbonyl (C=O) groups excluding carboxylic acids is 1. The number of benzene rings is 1. The van der Waals surface area contributed by atoms with Crippen LogP contribution in [0.4, 0.5) is 5.82 Å². The Morgan fingerprint density at radius 3 is 2.78 bits per heavy atom. The molecule has 0 saturated heterocycles. The van der Waals surface area contributed by atoms with Crippen molar-refractivity contribution < 1.29 is 4.79 Å². The van der Waals surface area contributed by atoms with Gasteiger partial charge in [0.1, 0.15) is 5.82 Å². The van der Waals surface area contributed by atoms with Crippen LogP contribution in [0, 0.1) is 6.92 Å². The van der Waals surface area contributed by atoms with Crippen molar-refractivity contribution >= 4 is 11.7 Å². The minimum atomic E-state index is 0.0297. The van der Waals surface area contributed by atoms with Gasteiger partial charge < -0.3 is 5.32 Å². The van der Waals surface area contributed by atoms with Crippen LogP contribution >= 0.6 is 0 Å². The largest absolute Gasteiger partial charge is 0.310 e. The lowest BCUT2D eigenvalue weighted by atomic mass is 10.00. The minimum absolute atomic E-state index is 0.0297. The molecule has 1 aliphatic rings. The number of rotatable bonds is 4. The summed E-state index contributed by atoms with van der Waals surface area (Å²) in [5, 5.41) is 7.44. The quantitative estimate of drug-likeness (QED) is 0.942. The summed E-state index contributed by atoms with van der Waals surface area (Å²) < 4.78 is 1.76. The molecule has 1 amide bonds. The second kappa shape index (κ2) is 6.54. The number of amides is 1. The predicted octanol–water partition coefficient (Wildman–Crippen LogP) is 2.29. The van der Waals surface area contributed by atoms with E-state index in [0.29, 0.717) is 6.54 Å². The summed E-state index contributed by atoms with van der Waals surface area (Å²) in [6, 6.07) is 8.48. The van der Waals surface area contributed by atoms with Crippen molar-refractivity contribution in [2.24, 2.45) is 7.05 Å². The molecule has 0 bridgehead atoms. The molecule has 0 saturated carbocycles. The molecule has 0 unspecified atom stereocenters. The second-order valence-electron chi connectivity index (χ2n) is 6.17. The average molecular weight is 312 g/mol. The van der Waals surface area contributed by atoms with E-state index in [1.54, 1.807) is 4.68 Å². The molecule has 1 N–H and O–H groups in total. The number of hydrogen-bond acceptors (Lipinski definition) is 3. The molecule has 1 aromatic heterocycles. The molecule has 2 heterocycles. The van der Waals surface area contributed by atoms with Crippen LogP contribution in [0.1, 0.15) is 29.3 Å². The summed E-state index contributed by atoms with van der Waals surface area (Å²) in [4.78, 5) is 14.6. The lowest BCUT2D eigenvalue weighted by Gasteiger charge is -2.28. The maximum Gasteiger partial charge on any atom is 0.239 e. The fourth-order valence-corrected chi connectivity index (χ4v) is 3.35. The second-order valence-corrected chi connectivity index (χ2v) is 6.17. The van der Waals surface area contributed by atoms with Gasteiger partial charge in [-0.05, 0) is 30.9 Å². The van der Waals surface area contributed by atoms with Crippen molar-refractivity contribution in [3.8, 4) is 0 Å². The van der Waals surface area contributed by atoms with Crippen LogP contribution in [-0.2, 0) is 31.2 Å². The van der Waals surface area contributed by atoms with E-state index >= 15 is 0 Å². The predicted molar refractivity (Wildman–Crippen MR) is 91.4 cm³/mol. The first-order valence-corrected chi connectivity index (χ1v) is 8.20. The molecule has 1 aliphatic heterocycles. The van der Waals surface area contributed by atoms with E-state index in [-0.39, 0.29) is 5.91 Å². The average Bonchev–Trinajstić information content (AvgIpc) is 2.80. The molecule has 23 heavy (non-hydrogen) atoms. The van der Waals surface area contributed by atoms with Gasteiger partial charge in [-0.2, -0.15) is 5.10 Å². The number of aromatic nitrogens is 2. The summed E-state index contributed by atoms with van der Waals surface area (Å²) in [5.74, 6) is 0.856. The highest BCUT2D eigenvalue weighted by atomic mass is 16.2. The molecule has 0 radical (unpaired) electrons. The van der Waals surface area contributed by atoms with E-state index in [1.165, 1.54) is 11.1 Å². The Balaban J connectivity index is 1.65. The SMILES string of the molecule is CCc1c(C)nn(C)c1NC(=O)CN1CCc2ccccc2C1. The number of carbonyl (C=O) groups is 1. The maximum atomic E-state index is 12.4.